The molecule has 0 spiro atoms. The molecule has 0 fully saturated rings. The van der Waals surface area contributed by atoms with Gasteiger partial charge in [-0.25, -0.2) is 0 Å². The van der Waals surface area contributed by atoms with E-state index in [1.165, 1.54) is 10.6 Å². The Kier molecular flexibility index (Phi) is 5.33. The summed E-state index contributed by atoms with van der Waals surface area (Å²) in [5, 5.41) is 0. The fourth-order valence-electron chi connectivity index (χ4n) is 2.17. The predicted molar refractivity (Wildman–Crippen MR) is 99.3 cm³/mol. The van der Waals surface area contributed by atoms with Gasteiger partial charge in [-0.3, -0.25) is 0 Å². The van der Waals surface area contributed by atoms with Crippen LogP contribution in [-0.4, -0.2) is 24.5 Å². The van der Waals surface area contributed by atoms with Crippen LogP contribution < -0.4 is 20.3 Å². The van der Waals surface area contributed by atoms with Gasteiger partial charge in [0.05, 0.1) is 0 Å². The van der Waals surface area contributed by atoms with Crippen LogP contribution in [0.25, 0.3) is 5.76 Å². The van der Waals surface area contributed by atoms with Gasteiger partial charge >= 0.3 is 150 Å². The quantitative estimate of drug-likeness (QED) is 0.494. The molecule has 0 atom stereocenters. The summed E-state index contributed by atoms with van der Waals surface area (Å²) in [7, 11) is 0. The fraction of sp³-hybridized carbons (Fsp3) is 0.0526. The van der Waals surface area contributed by atoms with Gasteiger partial charge in [0.2, 0.25) is 0 Å². The number of hydrogen-bond donors (Lipinski definition) is 1. The van der Waals surface area contributed by atoms with E-state index in [2.05, 4.69) is 11.6 Å². The predicted octanol–water partition coefficient (Wildman–Crippen LogP) is 0.837. The van der Waals surface area contributed by atoms with Crippen molar-refractivity contribution in [1.82, 2.24) is 9.55 Å². The van der Waals surface area contributed by atoms with Crippen LogP contribution in [0, 0.1) is 0 Å². The first-order chi connectivity index (χ1) is 12.1. The molecule has 3 aromatic rings. The van der Waals surface area contributed by atoms with Crippen LogP contribution in [0.15, 0.2) is 82.9 Å². The molecule has 126 valence electrons. The minimum absolute atomic E-state index is 0.00669. The molecule has 3 rings (SSSR count). The van der Waals surface area contributed by atoms with Gasteiger partial charge in [0.25, 0.3) is 0 Å². The van der Waals surface area contributed by atoms with Crippen molar-refractivity contribution in [3.63, 3.8) is 0 Å². The van der Waals surface area contributed by atoms with Crippen molar-refractivity contribution in [3.05, 3.63) is 99.7 Å². The molecule has 0 aliphatic rings. The average Bonchev–Trinajstić information content (AvgIpc) is 2.62. The van der Waals surface area contributed by atoms with Crippen molar-refractivity contribution in [2.75, 3.05) is 0 Å². The van der Waals surface area contributed by atoms with Gasteiger partial charge in [-0.15, -0.1) is 0 Å². The molecule has 1 N–H and O–H groups in total. The Morgan fingerprint density at radius 2 is 1.68 bits per heavy atom. The molecule has 0 aliphatic heterocycles. The third-order valence-electron chi connectivity index (χ3n) is 3.43. The van der Waals surface area contributed by atoms with E-state index in [0.717, 1.165) is 10.0 Å². The van der Waals surface area contributed by atoms with Crippen molar-refractivity contribution in [3.8, 4) is 0 Å². The Bertz CT molecular complexity index is 979. The zero-order valence-electron chi connectivity index (χ0n) is 13.3. The molecule has 0 saturated carbocycles. The van der Waals surface area contributed by atoms with Crippen LogP contribution in [-0.2, 0) is 11.5 Å². The number of H-pyrrole nitrogens is 1. The molecular formula is C19H16N2O3Se. The Labute approximate surface area is 150 Å². The number of hydrogen-bond acceptors (Lipinski definition) is 3. The second-order valence-electron chi connectivity index (χ2n) is 5.18. The Morgan fingerprint density at radius 1 is 1.04 bits per heavy atom. The normalized spacial score (nSPS) is 10.4. The molecule has 0 aliphatic carbocycles. The van der Waals surface area contributed by atoms with Crippen LogP contribution >= 0.6 is 0 Å². The molecule has 0 amide bonds. The molecular weight excluding hydrogens is 383 g/mol. The number of benzene rings is 2. The first-order valence-corrected chi connectivity index (χ1v) is 9.29. The molecule has 0 bridgehead atoms. The van der Waals surface area contributed by atoms with Gasteiger partial charge in [-0.1, -0.05) is 0 Å². The van der Waals surface area contributed by atoms with E-state index >= 15 is 0 Å². The summed E-state index contributed by atoms with van der Waals surface area (Å²) in [6, 6.07) is 20.6. The van der Waals surface area contributed by atoms with Crippen LogP contribution in [0.2, 0.25) is 0 Å². The second-order valence-corrected chi connectivity index (χ2v) is 7.48. The van der Waals surface area contributed by atoms with E-state index in [4.69, 9.17) is 4.74 Å². The molecule has 6 heteroatoms. The van der Waals surface area contributed by atoms with Crippen LogP contribution in [0.1, 0.15) is 5.56 Å². The standard InChI is InChI=1S/C19H16N2O3Se/c1-14(15-8-4-2-5-9-15)24-13-21-18(12-17(22)20-19(21)23)25-16-10-6-3-7-11-16/h2-12H,1,13H2,(H,20,22,23). The maximum absolute atomic E-state index is 12.2. The zero-order valence-corrected chi connectivity index (χ0v) is 15.1. The summed E-state index contributed by atoms with van der Waals surface area (Å²) in [4.78, 5) is 26.2. The SMILES string of the molecule is C=C(OCn1c([Se]c2ccccc2)cc(=O)[nH]c1=O)c1ccccc1. The minimum atomic E-state index is -0.485. The molecule has 1 aromatic heterocycles. The molecule has 2 aromatic carbocycles. The first-order valence-electron chi connectivity index (χ1n) is 7.58. The molecule has 0 saturated heterocycles. The molecule has 1 heterocycles. The van der Waals surface area contributed by atoms with E-state index in [0.29, 0.717) is 10.4 Å². The van der Waals surface area contributed by atoms with Gasteiger partial charge in [0.15, 0.2) is 0 Å². The fourth-order valence-corrected chi connectivity index (χ4v) is 4.15. The summed E-state index contributed by atoms with van der Waals surface area (Å²) in [5.41, 5.74) is -0.0489. The van der Waals surface area contributed by atoms with Crippen LogP contribution in [0.5, 0.6) is 0 Å². The average molecular weight is 399 g/mol. The molecule has 25 heavy (non-hydrogen) atoms. The second kappa shape index (κ2) is 7.83. The summed E-state index contributed by atoms with van der Waals surface area (Å²) >= 11 is -0.188. The van der Waals surface area contributed by atoms with Gasteiger partial charge in [0, 0.05) is 0 Å². The van der Waals surface area contributed by atoms with Crippen molar-refractivity contribution in [1.29, 1.82) is 0 Å². The van der Waals surface area contributed by atoms with Gasteiger partial charge in [-0.05, 0) is 0 Å². The van der Waals surface area contributed by atoms with E-state index < -0.39 is 11.2 Å². The summed E-state index contributed by atoms with van der Waals surface area (Å²) < 4.78 is 8.81. The number of aromatic amines is 1. The van der Waals surface area contributed by atoms with E-state index in [9.17, 15) is 9.59 Å². The number of ether oxygens (including phenoxy) is 1. The van der Waals surface area contributed by atoms with Crippen molar-refractivity contribution in [2.24, 2.45) is 0 Å². The molecule has 0 radical (unpaired) electrons. The van der Waals surface area contributed by atoms with E-state index in [-0.39, 0.29) is 21.7 Å². The summed E-state index contributed by atoms with van der Waals surface area (Å²) in [5.74, 6) is 0.469. The Morgan fingerprint density at radius 3 is 2.36 bits per heavy atom. The van der Waals surface area contributed by atoms with Gasteiger partial charge in [-0.2, -0.15) is 0 Å². The van der Waals surface area contributed by atoms with Crippen LogP contribution in [0.4, 0.5) is 0 Å². The number of nitrogens with one attached hydrogen (secondary N) is 1. The first kappa shape index (κ1) is 17.0. The van der Waals surface area contributed by atoms with Gasteiger partial charge < -0.3 is 0 Å². The molecule has 5 nitrogen and oxygen atoms in total. The number of nitrogens with zero attached hydrogens (tertiary/aromatic N) is 1. The number of aromatic nitrogens is 2. The summed E-state index contributed by atoms with van der Waals surface area (Å²) in [6.07, 6.45) is 0. The van der Waals surface area contributed by atoms with Crippen LogP contribution in [0.3, 0.4) is 0 Å². The third-order valence-corrected chi connectivity index (χ3v) is 5.64. The van der Waals surface area contributed by atoms with Gasteiger partial charge in [0.1, 0.15) is 0 Å². The Balaban J connectivity index is 1.84. The van der Waals surface area contributed by atoms with Crippen molar-refractivity contribution in [2.45, 2.75) is 6.73 Å². The number of rotatable bonds is 6. The Hall–Kier alpha value is -2.82. The van der Waals surface area contributed by atoms with E-state index in [1.54, 1.807) is 0 Å². The topological polar surface area (TPSA) is 64.1 Å². The monoisotopic (exact) mass is 400 g/mol. The maximum atomic E-state index is 12.2. The molecule has 0 unspecified atom stereocenters. The van der Waals surface area contributed by atoms with Crippen molar-refractivity contribution < 1.29 is 4.74 Å². The summed E-state index contributed by atoms with van der Waals surface area (Å²) in [6.45, 7) is 3.89. The van der Waals surface area contributed by atoms with E-state index in [1.807, 2.05) is 60.7 Å². The van der Waals surface area contributed by atoms with Crippen molar-refractivity contribution >= 4 is 29.8 Å². The third kappa shape index (κ3) is 4.38. The zero-order chi connectivity index (χ0) is 17.6.